The van der Waals surface area contributed by atoms with Gasteiger partial charge in [0.1, 0.15) is 17.5 Å². The van der Waals surface area contributed by atoms with Crippen molar-refractivity contribution >= 4 is 5.91 Å². The molecule has 3 atom stereocenters. The molecule has 0 aliphatic carbocycles. The zero-order valence-corrected chi connectivity index (χ0v) is 13.9. The van der Waals surface area contributed by atoms with Gasteiger partial charge in [0.15, 0.2) is 6.04 Å². The number of likely N-dealkylation sites (N-methyl/N-ethyl adjacent to an activating group) is 1. The number of carbonyl (C=O) groups excluding carboxylic acids is 1. The predicted octanol–water partition coefficient (Wildman–Crippen LogP) is 0.948. The maximum absolute atomic E-state index is 12.2. The molecule has 1 aliphatic heterocycles. The van der Waals surface area contributed by atoms with Gasteiger partial charge >= 0.3 is 0 Å². The molecule has 0 aromatic heterocycles. The molecule has 1 unspecified atom stereocenters. The van der Waals surface area contributed by atoms with Gasteiger partial charge in [0.2, 0.25) is 0 Å². The number of nitrogens with one attached hydrogen (secondary N) is 2. The number of likely N-dealkylation sites (tertiary alicyclic amines) is 1. The topological polar surface area (TPSA) is 52.0 Å². The van der Waals surface area contributed by atoms with E-state index < -0.39 is 0 Å². The Morgan fingerprint density at radius 3 is 2.82 bits per heavy atom. The van der Waals surface area contributed by atoms with Gasteiger partial charge in [-0.2, -0.15) is 0 Å². The van der Waals surface area contributed by atoms with Crippen molar-refractivity contribution in [2.75, 3.05) is 27.3 Å². The van der Waals surface area contributed by atoms with Crippen LogP contribution in [0, 0.1) is 0 Å². The van der Waals surface area contributed by atoms with Gasteiger partial charge in [-0.3, -0.25) is 4.79 Å². The number of hydrogen-bond acceptors (Lipinski definition) is 3. The number of quaternary nitrogens is 1. The van der Waals surface area contributed by atoms with Gasteiger partial charge in [0.05, 0.1) is 26.3 Å². The summed E-state index contributed by atoms with van der Waals surface area (Å²) in [6.45, 7) is 5.65. The minimum Gasteiger partial charge on any atom is -0.497 e. The smallest absolute Gasteiger partial charge is 0.278 e. The molecule has 1 heterocycles. The van der Waals surface area contributed by atoms with Gasteiger partial charge in [-0.1, -0.05) is 0 Å². The molecule has 1 aliphatic rings. The Balaban J connectivity index is 2.25. The first-order valence-electron chi connectivity index (χ1n) is 7.97. The second-order valence-electron chi connectivity index (χ2n) is 5.74. The SMILES string of the molecule is CCNC(=O)[C@H](C)[NH+]1CCC[C@@H]1c1ccc(OC)cc1OC. The average Bonchev–Trinajstić information content (AvgIpc) is 3.02. The van der Waals surface area contributed by atoms with E-state index >= 15 is 0 Å². The first-order valence-corrected chi connectivity index (χ1v) is 7.97. The van der Waals surface area contributed by atoms with Crippen molar-refractivity contribution in [3.05, 3.63) is 23.8 Å². The minimum absolute atomic E-state index is 0.0562. The standard InChI is InChI=1S/C17H26N2O3/c1-5-18-17(20)12(2)19-10-6-7-15(19)14-9-8-13(21-3)11-16(14)22-4/h8-9,11-12,15H,5-7,10H2,1-4H3,(H,18,20)/p+1/t12-,15+/m0/s1. The van der Waals surface area contributed by atoms with E-state index in [1.165, 1.54) is 4.90 Å². The normalized spacial score (nSPS) is 22.2. The molecule has 0 radical (unpaired) electrons. The van der Waals surface area contributed by atoms with Crippen LogP contribution in [0.1, 0.15) is 38.3 Å². The second kappa shape index (κ2) is 7.49. The highest BCUT2D eigenvalue weighted by molar-refractivity contribution is 5.79. The third-order valence-electron chi connectivity index (χ3n) is 4.52. The zero-order valence-electron chi connectivity index (χ0n) is 13.9. The van der Waals surface area contributed by atoms with Crippen molar-refractivity contribution in [3.63, 3.8) is 0 Å². The van der Waals surface area contributed by atoms with Crippen molar-refractivity contribution in [1.82, 2.24) is 5.32 Å². The molecule has 0 saturated carbocycles. The summed E-state index contributed by atoms with van der Waals surface area (Å²) < 4.78 is 10.8. The lowest BCUT2D eigenvalue weighted by Crippen LogP contribution is -3.15. The molecule has 1 fully saturated rings. The molecule has 2 rings (SSSR count). The highest BCUT2D eigenvalue weighted by atomic mass is 16.5. The van der Waals surface area contributed by atoms with Gasteiger partial charge in [-0.25, -0.2) is 0 Å². The van der Waals surface area contributed by atoms with Crippen LogP contribution >= 0.6 is 0 Å². The van der Waals surface area contributed by atoms with Gasteiger partial charge in [0, 0.05) is 25.5 Å². The maximum atomic E-state index is 12.2. The highest BCUT2D eigenvalue weighted by Gasteiger charge is 2.38. The number of ether oxygens (including phenoxy) is 2. The summed E-state index contributed by atoms with van der Waals surface area (Å²) in [6, 6.07) is 6.18. The highest BCUT2D eigenvalue weighted by Crippen LogP contribution is 2.31. The Kier molecular flexibility index (Phi) is 5.66. The van der Waals surface area contributed by atoms with Gasteiger partial charge in [0.25, 0.3) is 5.91 Å². The minimum atomic E-state index is -0.0562. The zero-order chi connectivity index (χ0) is 16.1. The van der Waals surface area contributed by atoms with Gasteiger partial charge in [-0.05, 0) is 26.0 Å². The molecule has 0 bridgehead atoms. The van der Waals surface area contributed by atoms with Crippen molar-refractivity contribution in [3.8, 4) is 11.5 Å². The van der Waals surface area contributed by atoms with Crippen LogP contribution in [0.5, 0.6) is 11.5 Å². The lowest BCUT2D eigenvalue weighted by molar-refractivity contribution is -0.932. The van der Waals surface area contributed by atoms with Crippen LogP contribution in [0.25, 0.3) is 0 Å². The van der Waals surface area contributed by atoms with Crippen molar-refractivity contribution in [1.29, 1.82) is 0 Å². The summed E-state index contributed by atoms with van der Waals surface area (Å²) in [6.07, 6.45) is 2.20. The number of hydrogen-bond donors (Lipinski definition) is 2. The quantitative estimate of drug-likeness (QED) is 0.823. The predicted molar refractivity (Wildman–Crippen MR) is 85.5 cm³/mol. The van der Waals surface area contributed by atoms with Crippen LogP contribution < -0.4 is 19.7 Å². The Labute approximate surface area is 132 Å². The summed E-state index contributed by atoms with van der Waals surface area (Å²) in [5.41, 5.74) is 1.16. The van der Waals surface area contributed by atoms with E-state index in [9.17, 15) is 4.79 Å². The number of benzene rings is 1. The summed E-state index contributed by atoms with van der Waals surface area (Å²) >= 11 is 0. The van der Waals surface area contributed by atoms with Crippen LogP contribution in [-0.2, 0) is 4.79 Å². The number of amides is 1. The van der Waals surface area contributed by atoms with Crippen LogP contribution in [-0.4, -0.2) is 39.3 Å². The first kappa shape index (κ1) is 16.6. The molecule has 1 aromatic carbocycles. The van der Waals surface area contributed by atoms with E-state index in [-0.39, 0.29) is 11.9 Å². The molecule has 5 nitrogen and oxygen atoms in total. The molecule has 1 amide bonds. The monoisotopic (exact) mass is 307 g/mol. The Morgan fingerprint density at radius 2 is 2.18 bits per heavy atom. The van der Waals surface area contributed by atoms with Crippen molar-refractivity contribution in [2.45, 2.75) is 38.8 Å². The van der Waals surface area contributed by atoms with Crippen LogP contribution in [0.2, 0.25) is 0 Å². The lowest BCUT2D eigenvalue weighted by Gasteiger charge is -2.28. The van der Waals surface area contributed by atoms with E-state index in [1.54, 1.807) is 14.2 Å². The van der Waals surface area contributed by atoms with Crippen molar-refractivity contribution < 1.29 is 19.2 Å². The molecule has 0 spiro atoms. The second-order valence-corrected chi connectivity index (χ2v) is 5.74. The van der Waals surface area contributed by atoms with E-state index in [4.69, 9.17) is 9.47 Å². The largest absolute Gasteiger partial charge is 0.497 e. The van der Waals surface area contributed by atoms with Crippen LogP contribution in [0.3, 0.4) is 0 Å². The van der Waals surface area contributed by atoms with E-state index in [0.29, 0.717) is 12.6 Å². The molecule has 2 N–H and O–H groups in total. The number of methoxy groups -OCH3 is 2. The molecule has 122 valence electrons. The molecular formula is C17H27N2O3+. The summed E-state index contributed by atoms with van der Waals surface area (Å²) in [4.78, 5) is 13.5. The molecule has 5 heteroatoms. The lowest BCUT2D eigenvalue weighted by atomic mass is 10.0. The summed E-state index contributed by atoms with van der Waals surface area (Å²) in [7, 11) is 3.33. The van der Waals surface area contributed by atoms with Gasteiger partial charge in [-0.15, -0.1) is 0 Å². The fourth-order valence-electron chi connectivity index (χ4n) is 3.35. The Bertz CT molecular complexity index is 519. The number of carbonyl (C=O) groups is 1. The fraction of sp³-hybridized carbons (Fsp3) is 0.588. The molecular weight excluding hydrogens is 280 g/mol. The molecule has 22 heavy (non-hydrogen) atoms. The third-order valence-corrected chi connectivity index (χ3v) is 4.52. The van der Waals surface area contributed by atoms with Crippen LogP contribution in [0.4, 0.5) is 0 Å². The van der Waals surface area contributed by atoms with Crippen LogP contribution in [0.15, 0.2) is 18.2 Å². The van der Waals surface area contributed by atoms with E-state index in [2.05, 4.69) is 11.4 Å². The maximum Gasteiger partial charge on any atom is 0.278 e. The fourth-order valence-corrected chi connectivity index (χ4v) is 3.35. The molecule has 1 saturated heterocycles. The summed E-state index contributed by atoms with van der Waals surface area (Å²) in [5.74, 6) is 1.75. The average molecular weight is 307 g/mol. The van der Waals surface area contributed by atoms with Crippen molar-refractivity contribution in [2.24, 2.45) is 0 Å². The van der Waals surface area contributed by atoms with Gasteiger partial charge < -0.3 is 19.7 Å². The molecule has 1 aromatic rings. The van der Waals surface area contributed by atoms with E-state index in [0.717, 1.165) is 36.4 Å². The number of rotatable bonds is 6. The Hall–Kier alpha value is -1.75. The Morgan fingerprint density at radius 1 is 1.41 bits per heavy atom. The third kappa shape index (κ3) is 3.35. The first-order chi connectivity index (χ1) is 10.6. The summed E-state index contributed by atoms with van der Waals surface area (Å²) in [5, 5.41) is 2.93. The van der Waals surface area contributed by atoms with E-state index in [1.807, 2.05) is 26.0 Å².